The van der Waals surface area contributed by atoms with Crippen molar-refractivity contribution < 1.29 is 13.7 Å². The summed E-state index contributed by atoms with van der Waals surface area (Å²) in [5.74, 6) is 1.72. The van der Waals surface area contributed by atoms with Crippen LogP contribution in [0.25, 0.3) is 11.6 Å². The van der Waals surface area contributed by atoms with Crippen molar-refractivity contribution in [2.45, 2.75) is 32.6 Å². The second-order valence-electron chi connectivity index (χ2n) is 4.94. The average molecular weight is 263 g/mol. The lowest BCUT2D eigenvalue weighted by molar-refractivity contribution is -0.0725. The van der Waals surface area contributed by atoms with Crippen molar-refractivity contribution in [1.29, 1.82) is 0 Å². The first-order valence-electron chi connectivity index (χ1n) is 6.45. The number of aromatic nitrogens is 2. The first kappa shape index (κ1) is 12.4. The van der Waals surface area contributed by atoms with Crippen LogP contribution in [0.3, 0.4) is 0 Å². The molecule has 1 aliphatic rings. The predicted molar refractivity (Wildman–Crippen MR) is 67.3 cm³/mol. The molecule has 2 unspecified atom stereocenters. The largest absolute Gasteiger partial charge is 0.461 e. The van der Waals surface area contributed by atoms with E-state index in [0.29, 0.717) is 24.0 Å². The molecule has 6 heteroatoms. The number of hydrogen-bond acceptors (Lipinski definition) is 6. The number of ether oxygens (including phenoxy) is 1. The summed E-state index contributed by atoms with van der Waals surface area (Å²) in [6.07, 6.45) is 2.06. The van der Waals surface area contributed by atoms with Gasteiger partial charge in [-0.3, -0.25) is 4.90 Å². The smallest absolute Gasteiger partial charge is 0.241 e. The summed E-state index contributed by atoms with van der Waals surface area (Å²) in [5, 5.41) is 3.92. The first-order chi connectivity index (χ1) is 9.20. The Morgan fingerprint density at radius 2 is 2.11 bits per heavy atom. The van der Waals surface area contributed by atoms with Crippen LogP contribution in [0.5, 0.6) is 0 Å². The van der Waals surface area contributed by atoms with Gasteiger partial charge < -0.3 is 13.7 Å². The van der Waals surface area contributed by atoms with Crippen LogP contribution in [0.2, 0.25) is 0 Å². The first-order valence-corrected chi connectivity index (χ1v) is 6.45. The van der Waals surface area contributed by atoms with Crippen LogP contribution in [-0.4, -0.2) is 40.3 Å². The molecule has 3 rings (SSSR count). The molecule has 0 radical (unpaired) electrons. The number of hydrogen-bond donors (Lipinski definition) is 0. The van der Waals surface area contributed by atoms with Crippen molar-refractivity contribution in [2.24, 2.45) is 0 Å². The molecule has 0 spiro atoms. The van der Waals surface area contributed by atoms with Gasteiger partial charge in [-0.2, -0.15) is 4.98 Å². The molecular formula is C13H17N3O3. The maximum absolute atomic E-state index is 5.69. The Kier molecular flexibility index (Phi) is 3.35. The summed E-state index contributed by atoms with van der Waals surface area (Å²) in [5.41, 5.74) is 0. The Labute approximate surface area is 111 Å². The van der Waals surface area contributed by atoms with E-state index >= 15 is 0 Å². The molecule has 0 saturated carbocycles. The van der Waals surface area contributed by atoms with Crippen LogP contribution in [-0.2, 0) is 11.3 Å². The lowest BCUT2D eigenvalue weighted by Crippen LogP contribution is -2.44. The Balaban J connectivity index is 1.67. The van der Waals surface area contributed by atoms with Gasteiger partial charge in [0.05, 0.1) is 25.0 Å². The maximum Gasteiger partial charge on any atom is 0.241 e. The molecule has 0 aromatic carbocycles. The minimum absolute atomic E-state index is 0.233. The SMILES string of the molecule is CC1CN(Cc2nc(-c3ccco3)no2)CC(C)O1. The highest BCUT2D eigenvalue weighted by Gasteiger charge is 2.24. The molecule has 2 aromatic rings. The Morgan fingerprint density at radius 1 is 1.32 bits per heavy atom. The van der Waals surface area contributed by atoms with Gasteiger partial charge in [0.15, 0.2) is 5.76 Å². The van der Waals surface area contributed by atoms with Gasteiger partial charge in [0.2, 0.25) is 11.7 Å². The Morgan fingerprint density at radius 3 is 2.79 bits per heavy atom. The molecule has 6 nitrogen and oxygen atoms in total. The van der Waals surface area contributed by atoms with Crippen LogP contribution in [0.1, 0.15) is 19.7 Å². The van der Waals surface area contributed by atoms with Gasteiger partial charge in [-0.1, -0.05) is 5.16 Å². The van der Waals surface area contributed by atoms with Crippen molar-refractivity contribution in [3.8, 4) is 11.6 Å². The summed E-state index contributed by atoms with van der Waals surface area (Å²) < 4.78 is 16.2. The standard InChI is InChI=1S/C13H17N3O3/c1-9-6-16(7-10(2)18-9)8-12-14-13(15-19-12)11-4-3-5-17-11/h3-5,9-10H,6-8H2,1-2H3. The normalized spacial score (nSPS) is 24.7. The second-order valence-corrected chi connectivity index (χ2v) is 4.94. The number of morpholine rings is 1. The molecule has 19 heavy (non-hydrogen) atoms. The van der Waals surface area contributed by atoms with E-state index in [2.05, 4.69) is 28.9 Å². The summed E-state index contributed by atoms with van der Waals surface area (Å²) in [6, 6.07) is 3.62. The summed E-state index contributed by atoms with van der Waals surface area (Å²) in [6.45, 7) is 6.55. The third-order valence-electron chi connectivity index (χ3n) is 3.06. The Bertz CT molecular complexity index is 513. The van der Waals surface area contributed by atoms with Crippen LogP contribution >= 0.6 is 0 Å². The quantitative estimate of drug-likeness (QED) is 0.843. The third-order valence-corrected chi connectivity index (χ3v) is 3.06. The molecule has 0 amide bonds. The monoisotopic (exact) mass is 263 g/mol. The molecule has 2 aromatic heterocycles. The fourth-order valence-corrected chi connectivity index (χ4v) is 2.43. The third kappa shape index (κ3) is 2.85. The highest BCUT2D eigenvalue weighted by Crippen LogP contribution is 2.18. The lowest BCUT2D eigenvalue weighted by Gasteiger charge is -2.34. The van der Waals surface area contributed by atoms with Gasteiger partial charge in [0.25, 0.3) is 0 Å². The topological polar surface area (TPSA) is 64.5 Å². The van der Waals surface area contributed by atoms with E-state index in [1.54, 1.807) is 12.3 Å². The molecule has 0 bridgehead atoms. The zero-order valence-electron chi connectivity index (χ0n) is 11.1. The minimum atomic E-state index is 0.233. The molecule has 1 fully saturated rings. The fraction of sp³-hybridized carbons (Fsp3) is 0.538. The van der Waals surface area contributed by atoms with Crippen molar-refractivity contribution in [1.82, 2.24) is 15.0 Å². The zero-order chi connectivity index (χ0) is 13.2. The highest BCUT2D eigenvalue weighted by molar-refractivity contribution is 5.44. The van der Waals surface area contributed by atoms with Crippen LogP contribution < -0.4 is 0 Å². The van der Waals surface area contributed by atoms with E-state index < -0.39 is 0 Å². The van der Waals surface area contributed by atoms with E-state index in [0.717, 1.165) is 13.1 Å². The molecule has 2 atom stereocenters. The minimum Gasteiger partial charge on any atom is -0.461 e. The molecule has 0 N–H and O–H groups in total. The van der Waals surface area contributed by atoms with Gasteiger partial charge in [0, 0.05) is 13.1 Å². The van der Waals surface area contributed by atoms with Crippen LogP contribution in [0.15, 0.2) is 27.3 Å². The summed E-state index contributed by atoms with van der Waals surface area (Å²) >= 11 is 0. The van der Waals surface area contributed by atoms with Gasteiger partial charge in [0.1, 0.15) is 0 Å². The molecule has 102 valence electrons. The van der Waals surface area contributed by atoms with E-state index in [4.69, 9.17) is 13.7 Å². The van der Waals surface area contributed by atoms with Gasteiger partial charge in [-0.15, -0.1) is 0 Å². The van der Waals surface area contributed by atoms with E-state index in [1.165, 1.54) is 0 Å². The summed E-state index contributed by atoms with van der Waals surface area (Å²) in [7, 11) is 0. The van der Waals surface area contributed by atoms with Crippen molar-refractivity contribution in [3.05, 3.63) is 24.3 Å². The van der Waals surface area contributed by atoms with Gasteiger partial charge in [-0.25, -0.2) is 0 Å². The maximum atomic E-state index is 5.69. The molecule has 1 saturated heterocycles. The molecular weight excluding hydrogens is 246 g/mol. The zero-order valence-corrected chi connectivity index (χ0v) is 11.1. The van der Waals surface area contributed by atoms with Crippen LogP contribution in [0, 0.1) is 0 Å². The van der Waals surface area contributed by atoms with Crippen molar-refractivity contribution >= 4 is 0 Å². The predicted octanol–water partition coefficient (Wildman–Crippen LogP) is 1.94. The lowest BCUT2D eigenvalue weighted by atomic mass is 10.2. The average Bonchev–Trinajstić information content (AvgIpc) is 2.96. The number of furan rings is 1. The van der Waals surface area contributed by atoms with E-state index in [1.807, 2.05) is 6.07 Å². The van der Waals surface area contributed by atoms with Crippen LogP contribution in [0.4, 0.5) is 0 Å². The highest BCUT2D eigenvalue weighted by atomic mass is 16.5. The van der Waals surface area contributed by atoms with Crippen molar-refractivity contribution in [2.75, 3.05) is 13.1 Å². The summed E-state index contributed by atoms with van der Waals surface area (Å²) in [4.78, 5) is 6.61. The van der Waals surface area contributed by atoms with E-state index in [-0.39, 0.29) is 12.2 Å². The molecule has 3 heterocycles. The molecule has 0 aliphatic carbocycles. The van der Waals surface area contributed by atoms with E-state index in [9.17, 15) is 0 Å². The van der Waals surface area contributed by atoms with Crippen molar-refractivity contribution in [3.63, 3.8) is 0 Å². The fourth-order valence-electron chi connectivity index (χ4n) is 2.43. The van der Waals surface area contributed by atoms with Gasteiger partial charge in [-0.05, 0) is 26.0 Å². The molecule has 1 aliphatic heterocycles. The second kappa shape index (κ2) is 5.14. The Hall–Kier alpha value is -1.66. The van der Waals surface area contributed by atoms with Gasteiger partial charge >= 0.3 is 0 Å². The number of rotatable bonds is 3. The number of nitrogens with zero attached hydrogens (tertiary/aromatic N) is 3.